The summed E-state index contributed by atoms with van der Waals surface area (Å²) < 4.78 is 6.48. The average molecular weight is 344 g/mol. The van der Waals surface area contributed by atoms with Gasteiger partial charge in [-0.05, 0) is 11.6 Å². The van der Waals surface area contributed by atoms with E-state index in [1.165, 1.54) is 4.68 Å². The van der Waals surface area contributed by atoms with Gasteiger partial charge in [0, 0.05) is 24.1 Å². The summed E-state index contributed by atoms with van der Waals surface area (Å²) >= 11 is 0. The SMILES string of the molecule is Cc1nc(-c2ccc(-c3ccc(=O)n(Cc4ccccc4)n3)cc2)no1. The van der Waals surface area contributed by atoms with Gasteiger partial charge in [0.1, 0.15) is 0 Å². The van der Waals surface area contributed by atoms with Crippen molar-refractivity contribution in [2.75, 3.05) is 0 Å². The maximum Gasteiger partial charge on any atom is 0.267 e. The molecular weight excluding hydrogens is 328 g/mol. The van der Waals surface area contributed by atoms with Crippen molar-refractivity contribution < 1.29 is 4.52 Å². The molecule has 0 unspecified atom stereocenters. The molecule has 0 spiro atoms. The summed E-state index contributed by atoms with van der Waals surface area (Å²) in [5.74, 6) is 1.08. The van der Waals surface area contributed by atoms with Crippen LogP contribution in [0.15, 0.2) is 76.0 Å². The lowest BCUT2D eigenvalue weighted by molar-refractivity contribution is 0.394. The Balaban J connectivity index is 1.63. The molecule has 0 saturated heterocycles. The molecule has 2 aromatic heterocycles. The number of benzene rings is 2. The smallest absolute Gasteiger partial charge is 0.267 e. The van der Waals surface area contributed by atoms with Crippen LogP contribution in [0.5, 0.6) is 0 Å². The highest BCUT2D eigenvalue weighted by Crippen LogP contribution is 2.21. The molecule has 0 aliphatic rings. The maximum absolute atomic E-state index is 12.1. The lowest BCUT2D eigenvalue weighted by atomic mass is 10.1. The molecule has 6 heteroatoms. The highest BCUT2D eigenvalue weighted by Gasteiger charge is 2.08. The molecule has 4 rings (SSSR count). The first-order valence-corrected chi connectivity index (χ1v) is 8.22. The molecule has 26 heavy (non-hydrogen) atoms. The van der Waals surface area contributed by atoms with Crippen LogP contribution >= 0.6 is 0 Å². The molecule has 0 N–H and O–H groups in total. The van der Waals surface area contributed by atoms with E-state index in [4.69, 9.17) is 4.52 Å². The Labute approximate surface area is 149 Å². The van der Waals surface area contributed by atoms with E-state index in [0.717, 1.165) is 22.4 Å². The predicted octanol–water partition coefficient (Wildman–Crippen LogP) is 3.32. The monoisotopic (exact) mass is 344 g/mol. The minimum atomic E-state index is -0.128. The Morgan fingerprint density at radius 3 is 2.35 bits per heavy atom. The molecule has 6 nitrogen and oxygen atoms in total. The first-order valence-electron chi connectivity index (χ1n) is 8.22. The van der Waals surface area contributed by atoms with E-state index in [1.807, 2.05) is 54.6 Å². The topological polar surface area (TPSA) is 73.8 Å². The highest BCUT2D eigenvalue weighted by atomic mass is 16.5. The number of hydrogen-bond donors (Lipinski definition) is 0. The first-order chi connectivity index (χ1) is 12.7. The molecule has 0 bridgehead atoms. The predicted molar refractivity (Wildman–Crippen MR) is 97.5 cm³/mol. The zero-order valence-corrected chi connectivity index (χ0v) is 14.2. The molecule has 4 aromatic rings. The average Bonchev–Trinajstić information content (AvgIpc) is 3.11. The van der Waals surface area contributed by atoms with Gasteiger partial charge in [-0.2, -0.15) is 10.1 Å². The van der Waals surface area contributed by atoms with Gasteiger partial charge in [0.15, 0.2) is 0 Å². The van der Waals surface area contributed by atoms with Crippen LogP contribution in [0.3, 0.4) is 0 Å². The standard InChI is InChI=1S/C20H16N4O2/c1-14-21-20(23-26-14)17-9-7-16(8-10-17)18-11-12-19(25)24(22-18)13-15-5-3-2-4-6-15/h2-12H,13H2,1H3. The molecule has 0 aliphatic heterocycles. The van der Waals surface area contributed by atoms with Crippen LogP contribution in [-0.2, 0) is 6.54 Å². The summed E-state index contributed by atoms with van der Waals surface area (Å²) in [6.07, 6.45) is 0. The summed E-state index contributed by atoms with van der Waals surface area (Å²) in [5, 5.41) is 8.41. The van der Waals surface area contributed by atoms with Gasteiger partial charge in [-0.25, -0.2) is 4.68 Å². The molecule has 0 fully saturated rings. The maximum atomic E-state index is 12.1. The molecule has 0 aliphatic carbocycles. The van der Waals surface area contributed by atoms with E-state index in [9.17, 15) is 4.79 Å². The van der Waals surface area contributed by atoms with Gasteiger partial charge < -0.3 is 4.52 Å². The third kappa shape index (κ3) is 3.30. The van der Waals surface area contributed by atoms with Crippen LogP contribution in [-0.4, -0.2) is 19.9 Å². The van der Waals surface area contributed by atoms with Crippen LogP contribution in [0.2, 0.25) is 0 Å². The number of rotatable bonds is 4. The van der Waals surface area contributed by atoms with Gasteiger partial charge >= 0.3 is 0 Å². The lowest BCUT2D eigenvalue weighted by Gasteiger charge is -2.07. The van der Waals surface area contributed by atoms with Crippen LogP contribution in [0.25, 0.3) is 22.6 Å². The number of hydrogen-bond acceptors (Lipinski definition) is 5. The summed E-state index contributed by atoms with van der Waals surface area (Å²) in [7, 11) is 0. The van der Waals surface area contributed by atoms with Crippen molar-refractivity contribution in [2.24, 2.45) is 0 Å². The molecule has 2 heterocycles. The van der Waals surface area contributed by atoms with Crippen molar-refractivity contribution in [3.8, 4) is 22.6 Å². The van der Waals surface area contributed by atoms with Crippen LogP contribution in [0.4, 0.5) is 0 Å². The third-order valence-corrected chi connectivity index (χ3v) is 4.01. The second-order valence-corrected chi connectivity index (χ2v) is 5.91. The molecule has 0 radical (unpaired) electrons. The van der Waals surface area contributed by atoms with E-state index >= 15 is 0 Å². The summed E-state index contributed by atoms with van der Waals surface area (Å²) in [4.78, 5) is 16.3. The lowest BCUT2D eigenvalue weighted by Crippen LogP contribution is -2.22. The zero-order valence-electron chi connectivity index (χ0n) is 14.2. The largest absolute Gasteiger partial charge is 0.339 e. The van der Waals surface area contributed by atoms with Gasteiger partial charge in [0.05, 0.1) is 12.2 Å². The molecular formula is C20H16N4O2. The van der Waals surface area contributed by atoms with Crippen LogP contribution in [0.1, 0.15) is 11.5 Å². The van der Waals surface area contributed by atoms with E-state index < -0.39 is 0 Å². The van der Waals surface area contributed by atoms with Crippen molar-refractivity contribution in [1.82, 2.24) is 19.9 Å². The summed E-state index contributed by atoms with van der Waals surface area (Å²) in [6, 6.07) is 20.8. The Bertz CT molecular complexity index is 1080. The highest BCUT2D eigenvalue weighted by molar-refractivity contribution is 5.64. The quantitative estimate of drug-likeness (QED) is 0.568. The fraction of sp³-hybridized carbons (Fsp3) is 0.100. The Hall–Kier alpha value is -3.54. The van der Waals surface area contributed by atoms with Crippen molar-refractivity contribution >= 4 is 0 Å². The van der Waals surface area contributed by atoms with Gasteiger partial charge in [0.2, 0.25) is 11.7 Å². The molecule has 0 saturated carbocycles. The Morgan fingerprint density at radius 1 is 0.923 bits per heavy atom. The van der Waals surface area contributed by atoms with E-state index in [2.05, 4.69) is 15.2 Å². The second-order valence-electron chi connectivity index (χ2n) is 5.91. The minimum Gasteiger partial charge on any atom is -0.339 e. The van der Waals surface area contributed by atoms with Crippen molar-refractivity contribution in [3.63, 3.8) is 0 Å². The van der Waals surface area contributed by atoms with Gasteiger partial charge in [0.25, 0.3) is 5.56 Å². The minimum absolute atomic E-state index is 0.128. The number of aromatic nitrogens is 4. The Kier molecular flexibility index (Phi) is 4.15. The van der Waals surface area contributed by atoms with Crippen molar-refractivity contribution in [1.29, 1.82) is 0 Å². The van der Waals surface area contributed by atoms with E-state index in [0.29, 0.717) is 18.3 Å². The molecule has 0 atom stereocenters. The van der Waals surface area contributed by atoms with Gasteiger partial charge in [-0.3, -0.25) is 4.79 Å². The van der Waals surface area contributed by atoms with Gasteiger partial charge in [-0.15, -0.1) is 0 Å². The van der Waals surface area contributed by atoms with Crippen LogP contribution in [0, 0.1) is 6.92 Å². The first kappa shape index (κ1) is 16.0. The zero-order chi connectivity index (χ0) is 17.9. The fourth-order valence-corrected chi connectivity index (χ4v) is 2.68. The molecule has 128 valence electrons. The summed E-state index contributed by atoms with van der Waals surface area (Å²) in [6.45, 7) is 2.19. The van der Waals surface area contributed by atoms with E-state index in [1.54, 1.807) is 19.1 Å². The van der Waals surface area contributed by atoms with Crippen LogP contribution < -0.4 is 5.56 Å². The number of nitrogens with zero attached hydrogens (tertiary/aromatic N) is 4. The van der Waals surface area contributed by atoms with E-state index in [-0.39, 0.29) is 5.56 Å². The van der Waals surface area contributed by atoms with Gasteiger partial charge in [-0.1, -0.05) is 59.8 Å². The Morgan fingerprint density at radius 2 is 1.65 bits per heavy atom. The second kappa shape index (κ2) is 6.76. The molecule has 0 amide bonds. The fourth-order valence-electron chi connectivity index (χ4n) is 2.68. The normalized spacial score (nSPS) is 10.8. The molecule has 2 aromatic carbocycles. The van der Waals surface area contributed by atoms with Crippen molar-refractivity contribution in [2.45, 2.75) is 13.5 Å². The number of aryl methyl sites for hydroxylation is 1. The third-order valence-electron chi connectivity index (χ3n) is 4.01. The van der Waals surface area contributed by atoms with Crippen molar-refractivity contribution in [3.05, 3.63) is 88.5 Å². The summed E-state index contributed by atoms with van der Waals surface area (Å²) in [5.41, 5.74) is 3.41.